The Kier molecular flexibility index (Phi) is 4.53. The molecule has 0 amide bonds. The smallest absolute Gasteiger partial charge is 0.316 e. The van der Waals surface area contributed by atoms with Gasteiger partial charge in [0.25, 0.3) is 5.56 Å². The zero-order chi connectivity index (χ0) is 19.9. The normalized spacial score (nSPS) is 22.5. The van der Waals surface area contributed by atoms with Gasteiger partial charge in [0.15, 0.2) is 0 Å². The van der Waals surface area contributed by atoms with Gasteiger partial charge in [-0.3, -0.25) is 14.2 Å². The highest BCUT2D eigenvalue weighted by Crippen LogP contribution is 2.63. The fraction of sp³-hybridized carbons (Fsp3) is 0.348. The third-order valence-electron chi connectivity index (χ3n) is 5.95. The van der Waals surface area contributed by atoms with Gasteiger partial charge in [0.05, 0.1) is 11.7 Å². The number of hydrogen-bond donors (Lipinski definition) is 1. The Hall–Kier alpha value is -2.95. The molecule has 1 saturated carbocycles. The summed E-state index contributed by atoms with van der Waals surface area (Å²) in [6.07, 6.45) is 8.61. The first kappa shape index (κ1) is 18.4. The van der Waals surface area contributed by atoms with Crippen LogP contribution >= 0.6 is 0 Å². The van der Waals surface area contributed by atoms with E-state index in [9.17, 15) is 14.7 Å². The molecule has 0 radical (unpaired) electrons. The average molecular weight is 376 g/mol. The van der Waals surface area contributed by atoms with Crippen LogP contribution in [0.2, 0.25) is 0 Å². The summed E-state index contributed by atoms with van der Waals surface area (Å²) in [4.78, 5) is 29.9. The molecule has 4 rings (SSSR count). The predicted molar refractivity (Wildman–Crippen MR) is 110 cm³/mol. The number of carboxylic acids is 1. The first-order valence-electron chi connectivity index (χ1n) is 9.79. The molecule has 2 aromatic rings. The number of hydrogen-bond acceptors (Lipinski definition) is 3. The van der Waals surface area contributed by atoms with E-state index >= 15 is 0 Å². The summed E-state index contributed by atoms with van der Waals surface area (Å²) in [6.45, 7) is 3.92. The minimum Gasteiger partial charge on any atom is -0.481 e. The van der Waals surface area contributed by atoms with Gasteiger partial charge in [0.1, 0.15) is 11.2 Å². The molecule has 1 fully saturated rings. The standard InChI is InChI=1S/C23H24N2O3/c1-3-4-10-17-18(12-11-16-8-6-5-7-9-16)24-20-13-15(2)23(22(27)28)14-19(23)25(20)21(17)26/h5-9,11-13,19H,3-4,10,14H2,1-2H3,(H,27,28)/b12-11+. The zero-order valence-electron chi connectivity index (χ0n) is 16.2. The molecule has 144 valence electrons. The molecule has 2 aliphatic rings. The molecule has 2 unspecified atom stereocenters. The van der Waals surface area contributed by atoms with Crippen molar-refractivity contribution in [2.24, 2.45) is 5.41 Å². The van der Waals surface area contributed by atoms with Gasteiger partial charge < -0.3 is 5.11 Å². The molecule has 1 aromatic heterocycles. The van der Waals surface area contributed by atoms with E-state index in [1.807, 2.05) is 49.4 Å². The maximum Gasteiger partial charge on any atom is 0.316 e. The maximum atomic E-state index is 13.3. The summed E-state index contributed by atoms with van der Waals surface area (Å²) in [6, 6.07) is 9.59. The van der Waals surface area contributed by atoms with Crippen molar-refractivity contribution in [2.75, 3.05) is 0 Å². The third kappa shape index (κ3) is 2.82. The summed E-state index contributed by atoms with van der Waals surface area (Å²) in [5.74, 6) is -0.290. The second-order valence-corrected chi connectivity index (χ2v) is 7.68. The van der Waals surface area contributed by atoms with Crippen molar-refractivity contribution in [3.05, 3.63) is 68.9 Å². The van der Waals surface area contributed by atoms with Crippen LogP contribution in [0.5, 0.6) is 0 Å². The van der Waals surface area contributed by atoms with Crippen LogP contribution in [0.25, 0.3) is 18.2 Å². The lowest BCUT2D eigenvalue weighted by atomic mass is 9.93. The molecular weight excluding hydrogens is 352 g/mol. The van der Waals surface area contributed by atoms with Crippen molar-refractivity contribution in [2.45, 2.75) is 45.6 Å². The lowest BCUT2D eigenvalue weighted by molar-refractivity contribution is -0.142. The van der Waals surface area contributed by atoms with Crippen molar-refractivity contribution in [3.63, 3.8) is 0 Å². The second-order valence-electron chi connectivity index (χ2n) is 7.68. The SMILES string of the molecule is CCCCc1c(/C=C/c2ccccc2)nc2n(c1=O)C1CC1(C(=O)O)C(C)=C2. The minimum absolute atomic E-state index is 0.0944. The van der Waals surface area contributed by atoms with Gasteiger partial charge in [-0.15, -0.1) is 0 Å². The van der Waals surface area contributed by atoms with Gasteiger partial charge in [0, 0.05) is 5.56 Å². The number of rotatable bonds is 6. The topological polar surface area (TPSA) is 72.2 Å². The summed E-state index contributed by atoms with van der Waals surface area (Å²) < 4.78 is 1.62. The minimum atomic E-state index is -0.929. The van der Waals surface area contributed by atoms with E-state index in [1.165, 1.54) is 0 Å². The molecule has 28 heavy (non-hydrogen) atoms. The van der Waals surface area contributed by atoms with Crippen LogP contribution in [0.15, 0.2) is 40.7 Å². The summed E-state index contributed by atoms with van der Waals surface area (Å²) in [5, 5.41) is 9.71. The van der Waals surface area contributed by atoms with Gasteiger partial charge in [-0.25, -0.2) is 4.98 Å². The van der Waals surface area contributed by atoms with Crippen LogP contribution < -0.4 is 5.56 Å². The van der Waals surface area contributed by atoms with Crippen molar-refractivity contribution >= 4 is 24.2 Å². The predicted octanol–water partition coefficient (Wildman–Crippen LogP) is 4.19. The van der Waals surface area contributed by atoms with E-state index in [4.69, 9.17) is 4.98 Å². The fourth-order valence-electron chi connectivity index (χ4n) is 4.17. The molecular formula is C23H24N2O3. The number of aromatic nitrogens is 2. The van der Waals surface area contributed by atoms with Gasteiger partial charge >= 0.3 is 5.97 Å². The third-order valence-corrected chi connectivity index (χ3v) is 5.95. The molecule has 1 aliphatic heterocycles. The molecule has 0 bridgehead atoms. The van der Waals surface area contributed by atoms with Crippen LogP contribution in [-0.2, 0) is 11.2 Å². The van der Waals surface area contributed by atoms with E-state index in [0.29, 0.717) is 29.9 Å². The van der Waals surface area contributed by atoms with Gasteiger partial charge in [0.2, 0.25) is 0 Å². The second kappa shape index (κ2) is 6.89. The molecule has 0 saturated heterocycles. The number of nitrogens with zero attached hydrogens (tertiary/aromatic N) is 2. The maximum absolute atomic E-state index is 13.3. The number of benzene rings is 1. The fourth-order valence-corrected chi connectivity index (χ4v) is 4.17. The molecule has 1 N–H and O–H groups in total. The monoisotopic (exact) mass is 376 g/mol. The molecule has 5 heteroatoms. The number of aliphatic carboxylic acids is 1. The van der Waals surface area contributed by atoms with Crippen molar-refractivity contribution in [3.8, 4) is 0 Å². The van der Waals surface area contributed by atoms with E-state index in [2.05, 4.69) is 6.92 Å². The van der Waals surface area contributed by atoms with Crippen molar-refractivity contribution in [1.29, 1.82) is 0 Å². The number of fused-ring (bicyclic) bond motifs is 3. The molecule has 2 atom stereocenters. The van der Waals surface area contributed by atoms with Crippen LogP contribution in [0.4, 0.5) is 0 Å². The number of unbranched alkanes of at least 4 members (excludes halogenated alkanes) is 1. The Morgan fingerprint density at radius 2 is 2.07 bits per heavy atom. The number of carbonyl (C=O) groups is 1. The van der Waals surface area contributed by atoms with E-state index in [0.717, 1.165) is 24.0 Å². The highest BCUT2D eigenvalue weighted by molar-refractivity contribution is 5.86. The number of carboxylic acid groups (broad SMARTS) is 1. The van der Waals surface area contributed by atoms with E-state index in [1.54, 1.807) is 10.6 Å². The zero-order valence-corrected chi connectivity index (χ0v) is 16.2. The Balaban J connectivity index is 1.83. The van der Waals surface area contributed by atoms with Crippen LogP contribution in [0, 0.1) is 5.41 Å². The molecule has 1 aromatic carbocycles. The quantitative estimate of drug-likeness (QED) is 0.820. The average Bonchev–Trinajstić information content (AvgIpc) is 3.44. The van der Waals surface area contributed by atoms with Gasteiger partial charge in [-0.05, 0) is 43.9 Å². The highest BCUT2D eigenvalue weighted by Gasteiger charge is 2.65. The van der Waals surface area contributed by atoms with Crippen LogP contribution in [0.1, 0.15) is 61.8 Å². The van der Waals surface area contributed by atoms with Crippen molar-refractivity contribution < 1.29 is 9.90 Å². The van der Waals surface area contributed by atoms with E-state index < -0.39 is 11.4 Å². The Labute approximate surface area is 164 Å². The molecule has 5 nitrogen and oxygen atoms in total. The Morgan fingerprint density at radius 3 is 2.75 bits per heavy atom. The van der Waals surface area contributed by atoms with Crippen molar-refractivity contribution in [1.82, 2.24) is 9.55 Å². The van der Waals surface area contributed by atoms with Gasteiger partial charge in [-0.2, -0.15) is 0 Å². The molecule has 0 spiro atoms. The Morgan fingerprint density at radius 1 is 1.32 bits per heavy atom. The highest BCUT2D eigenvalue weighted by atomic mass is 16.4. The molecule has 1 aliphatic carbocycles. The first-order valence-corrected chi connectivity index (χ1v) is 9.79. The summed E-state index contributed by atoms with van der Waals surface area (Å²) in [5.41, 5.74) is 2.15. The van der Waals surface area contributed by atoms with Gasteiger partial charge in [-0.1, -0.05) is 55.3 Å². The summed E-state index contributed by atoms with van der Waals surface area (Å²) in [7, 11) is 0. The van der Waals surface area contributed by atoms with E-state index in [-0.39, 0.29) is 11.6 Å². The summed E-state index contributed by atoms with van der Waals surface area (Å²) >= 11 is 0. The van der Waals surface area contributed by atoms with Crippen LogP contribution in [0.3, 0.4) is 0 Å². The Bertz CT molecular complexity index is 1050. The first-order chi connectivity index (χ1) is 13.5. The largest absolute Gasteiger partial charge is 0.481 e. The lowest BCUT2D eigenvalue weighted by Gasteiger charge is -2.23. The van der Waals surface area contributed by atoms with Crippen LogP contribution in [-0.4, -0.2) is 20.6 Å². The molecule has 2 heterocycles. The lowest BCUT2D eigenvalue weighted by Crippen LogP contribution is -2.34.